The Hall–Kier alpha value is -2.20. The van der Waals surface area contributed by atoms with E-state index in [1.807, 2.05) is 6.08 Å². The van der Waals surface area contributed by atoms with Gasteiger partial charge in [0.1, 0.15) is 0 Å². The smallest absolute Gasteiger partial charge is 0.258 e. The molecule has 2 amide bonds. The predicted molar refractivity (Wildman–Crippen MR) is 78.0 cm³/mol. The quantitative estimate of drug-likeness (QED) is 0.633. The van der Waals surface area contributed by atoms with Crippen LogP contribution in [0.1, 0.15) is 34.1 Å². The Kier molecular flexibility index (Phi) is 8.66. The molecule has 0 radical (unpaired) electrons. The molecule has 2 rings (SSSR count). The van der Waals surface area contributed by atoms with E-state index >= 15 is 0 Å². The fourth-order valence-electron chi connectivity index (χ4n) is 1.12. The van der Waals surface area contributed by atoms with E-state index in [9.17, 15) is 9.59 Å². The summed E-state index contributed by atoms with van der Waals surface area (Å²) < 4.78 is 0. The standard InChI is InChI=1S/C8H5NO2.C4H8.C3H7N/c10-7-5-3-1-2-4-6(5)8(11)9-7;1-3-4-2;1-2-3-4/h1-4H,(H,9,10,11);3H,1,4H2,2H3;2H,1,3-4H2. The molecule has 0 fully saturated rings. The van der Waals surface area contributed by atoms with Gasteiger partial charge >= 0.3 is 0 Å². The summed E-state index contributed by atoms with van der Waals surface area (Å²) >= 11 is 0. The number of benzene rings is 1. The largest absolute Gasteiger partial charge is 0.327 e. The molecule has 102 valence electrons. The number of carbonyl (C=O) groups is 2. The fraction of sp³-hybridized carbons (Fsp3) is 0.200. The molecule has 1 aliphatic rings. The molecule has 0 saturated carbocycles. The lowest BCUT2D eigenvalue weighted by Gasteiger charge is -1.88. The zero-order valence-electron chi connectivity index (χ0n) is 11.2. The Morgan fingerprint density at radius 3 is 1.74 bits per heavy atom. The molecule has 4 heteroatoms. The molecule has 19 heavy (non-hydrogen) atoms. The number of imide groups is 1. The normalized spacial score (nSPS) is 11.1. The third-order valence-electron chi connectivity index (χ3n) is 2.10. The molecule has 0 saturated heterocycles. The first-order valence-corrected chi connectivity index (χ1v) is 5.98. The van der Waals surface area contributed by atoms with Crippen molar-refractivity contribution < 1.29 is 9.59 Å². The molecule has 4 nitrogen and oxygen atoms in total. The minimum atomic E-state index is -0.300. The second kappa shape index (κ2) is 9.79. The Morgan fingerprint density at radius 2 is 1.47 bits per heavy atom. The summed E-state index contributed by atoms with van der Waals surface area (Å²) in [7, 11) is 0. The summed E-state index contributed by atoms with van der Waals surface area (Å²) in [4.78, 5) is 21.9. The van der Waals surface area contributed by atoms with Crippen molar-refractivity contribution in [2.75, 3.05) is 6.54 Å². The monoisotopic (exact) mass is 260 g/mol. The predicted octanol–water partition coefficient (Wildman–Crippen LogP) is 2.28. The molecule has 0 aliphatic carbocycles. The van der Waals surface area contributed by atoms with Gasteiger partial charge in [0.25, 0.3) is 11.8 Å². The molecule has 1 aliphatic heterocycles. The van der Waals surface area contributed by atoms with Crippen LogP contribution in [0.3, 0.4) is 0 Å². The summed E-state index contributed by atoms with van der Waals surface area (Å²) in [5.74, 6) is -0.601. The van der Waals surface area contributed by atoms with E-state index in [4.69, 9.17) is 5.73 Å². The summed E-state index contributed by atoms with van der Waals surface area (Å²) in [6.45, 7) is 9.48. The first-order valence-electron chi connectivity index (χ1n) is 5.98. The highest BCUT2D eigenvalue weighted by Gasteiger charge is 2.25. The van der Waals surface area contributed by atoms with Gasteiger partial charge in [0.15, 0.2) is 0 Å². The maximum atomic E-state index is 10.9. The van der Waals surface area contributed by atoms with Gasteiger partial charge in [-0.2, -0.15) is 0 Å². The maximum absolute atomic E-state index is 10.9. The van der Waals surface area contributed by atoms with Gasteiger partial charge in [0.2, 0.25) is 0 Å². The van der Waals surface area contributed by atoms with E-state index in [-0.39, 0.29) is 11.8 Å². The fourth-order valence-corrected chi connectivity index (χ4v) is 1.12. The number of fused-ring (bicyclic) bond motifs is 1. The first kappa shape index (κ1) is 16.8. The number of rotatable bonds is 2. The number of nitrogens with two attached hydrogens (primary N) is 1. The highest BCUT2D eigenvalue weighted by atomic mass is 16.2. The Labute approximate surface area is 114 Å². The summed E-state index contributed by atoms with van der Waals surface area (Å²) in [6, 6.07) is 6.74. The minimum Gasteiger partial charge on any atom is -0.327 e. The Balaban J connectivity index is 0.000000342. The van der Waals surface area contributed by atoms with E-state index in [1.165, 1.54) is 0 Å². The highest BCUT2D eigenvalue weighted by Crippen LogP contribution is 2.13. The van der Waals surface area contributed by atoms with Crippen LogP contribution in [0.15, 0.2) is 49.6 Å². The maximum Gasteiger partial charge on any atom is 0.258 e. The van der Waals surface area contributed by atoms with Crippen LogP contribution in [0.5, 0.6) is 0 Å². The minimum absolute atomic E-state index is 0.300. The van der Waals surface area contributed by atoms with Crippen LogP contribution < -0.4 is 11.1 Å². The van der Waals surface area contributed by atoms with Crippen LogP contribution in [-0.2, 0) is 0 Å². The van der Waals surface area contributed by atoms with Crippen molar-refractivity contribution in [3.05, 3.63) is 60.7 Å². The van der Waals surface area contributed by atoms with E-state index in [1.54, 1.807) is 30.3 Å². The number of nitrogens with one attached hydrogen (secondary N) is 1. The lowest BCUT2D eigenvalue weighted by molar-refractivity contribution is 0.0879. The van der Waals surface area contributed by atoms with E-state index in [2.05, 4.69) is 25.4 Å². The molecule has 0 atom stereocenters. The lowest BCUT2D eigenvalue weighted by atomic mass is 10.1. The molecule has 0 bridgehead atoms. The van der Waals surface area contributed by atoms with Crippen LogP contribution in [0.25, 0.3) is 0 Å². The van der Waals surface area contributed by atoms with E-state index < -0.39 is 0 Å². The van der Waals surface area contributed by atoms with Gasteiger partial charge in [-0.15, -0.1) is 13.2 Å². The average Bonchev–Trinajstić information content (AvgIpc) is 2.75. The average molecular weight is 260 g/mol. The Bertz CT molecular complexity index is 412. The van der Waals surface area contributed by atoms with Crippen molar-refractivity contribution in [1.82, 2.24) is 5.32 Å². The van der Waals surface area contributed by atoms with Gasteiger partial charge in [0.05, 0.1) is 11.1 Å². The van der Waals surface area contributed by atoms with Gasteiger partial charge in [0, 0.05) is 6.54 Å². The highest BCUT2D eigenvalue weighted by molar-refractivity contribution is 6.21. The summed E-state index contributed by atoms with van der Waals surface area (Å²) in [5.41, 5.74) is 5.85. The molecular weight excluding hydrogens is 240 g/mol. The number of hydrogen-bond donors (Lipinski definition) is 2. The number of allylic oxidation sites excluding steroid dienone is 1. The van der Waals surface area contributed by atoms with Crippen molar-refractivity contribution in [1.29, 1.82) is 0 Å². The molecule has 0 aromatic heterocycles. The Morgan fingerprint density at radius 1 is 1.11 bits per heavy atom. The van der Waals surface area contributed by atoms with Crippen LogP contribution in [0.4, 0.5) is 0 Å². The second-order valence-electron chi connectivity index (χ2n) is 3.55. The van der Waals surface area contributed by atoms with Crippen molar-refractivity contribution in [2.24, 2.45) is 5.73 Å². The van der Waals surface area contributed by atoms with Crippen LogP contribution in [0.2, 0.25) is 0 Å². The topological polar surface area (TPSA) is 72.2 Å². The number of amides is 2. The number of hydrogen-bond acceptors (Lipinski definition) is 3. The SMILES string of the molecule is C=CCC.C=CCN.O=C1NC(=O)c2ccccc21. The van der Waals surface area contributed by atoms with Crippen molar-refractivity contribution in [2.45, 2.75) is 13.3 Å². The van der Waals surface area contributed by atoms with Crippen molar-refractivity contribution in [3.63, 3.8) is 0 Å². The van der Waals surface area contributed by atoms with Gasteiger partial charge < -0.3 is 5.73 Å². The van der Waals surface area contributed by atoms with Crippen molar-refractivity contribution >= 4 is 11.8 Å². The molecule has 1 aromatic carbocycles. The van der Waals surface area contributed by atoms with E-state index in [0.717, 1.165) is 6.42 Å². The second-order valence-corrected chi connectivity index (χ2v) is 3.55. The molecular formula is C15H20N2O2. The van der Waals surface area contributed by atoms with Crippen LogP contribution in [-0.4, -0.2) is 18.4 Å². The third-order valence-corrected chi connectivity index (χ3v) is 2.10. The zero-order chi connectivity index (χ0) is 14.7. The molecule has 3 N–H and O–H groups in total. The molecule has 1 heterocycles. The van der Waals surface area contributed by atoms with Crippen molar-refractivity contribution in [3.8, 4) is 0 Å². The molecule has 0 unspecified atom stereocenters. The molecule has 1 aromatic rings. The van der Waals surface area contributed by atoms with E-state index in [0.29, 0.717) is 17.7 Å². The third kappa shape index (κ3) is 5.79. The number of carbonyl (C=O) groups excluding carboxylic acids is 2. The van der Waals surface area contributed by atoms with Gasteiger partial charge in [-0.3, -0.25) is 14.9 Å². The van der Waals surface area contributed by atoms with Gasteiger partial charge in [-0.25, -0.2) is 0 Å². The van der Waals surface area contributed by atoms with Gasteiger partial charge in [-0.1, -0.05) is 31.2 Å². The van der Waals surface area contributed by atoms with Crippen LogP contribution in [0, 0.1) is 0 Å². The summed E-state index contributed by atoms with van der Waals surface area (Å²) in [5, 5.41) is 2.20. The van der Waals surface area contributed by atoms with Crippen LogP contribution >= 0.6 is 0 Å². The summed E-state index contributed by atoms with van der Waals surface area (Å²) in [6.07, 6.45) is 4.61. The zero-order valence-corrected chi connectivity index (χ0v) is 11.2. The first-order chi connectivity index (χ1) is 9.12. The molecule has 0 spiro atoms. The lowest BCUT2D eigenvalue weighted by Crippen LogP contribution is -2.19. The van der Waals surface area contributed by atoms with Gasteiger partial charge in [-0.05, 0) is 18.6 Å².